The fourth-order valence-electron chi connectivity index (χ4n) is 2.51. The fourth-order valence-corrected chi connectivity index (χ4v) is 2.51. The van der Waals surface area contributed by atoms with Crippen molar-refractivity contribution in [2.45, 2.75) is 0 Å². The second-order valence-corrected chi connectivity index (χ2v) is 4.62. The van der Waals surface area contributed by atoms with Crippen molar-refractivity contribution in [1.29, 1.82) is 0 Å². The molecular formula is C17H12N2. The van der Waals surface area contributed by atoms with E-state index in [-0.39, 0.29) is 0 Å². The molecule has 0 N–H and O–H groups in total. The maximum atomic E-state index is 4.70. The van der Waals surface area contributed by atoms with Crippen LogP contribution in [0.2, 0.25) is 0 Å². The average molecular weight is 244 g/mol. The van der Waals surface area contributed by atoms with Crippen molar-refractivity contribution in [2.24, 2.45) is 0 Å². The van der Waals surface area contributed by atoms with Gasteiger partial charge in [0, 0.05) is 18.0 Å². The first kappa shape index (κ1) is 10.3. The van der Waals surface area contributed by atoms with Crippen LogP contribution in [0.3, 0.4) is 0 Å². The van der Waals surface area contributed by atoms with E-state index in [0.717, 1.165) is 11.3 Å². The first-order valence-corrected chi connectivity index (χ1v) is 6.34. The largest absolute Gasteiger partial charge is 0.306 e. The standard InChI is InChI=1S/C17H12N2/c1-2-8-14-13(6-1)7-5-9-15(14)16-12-19-11-4-3-10-17(19)18-16/h1-12H. The molecule has 90 valence electrons. The predicted octanol–water partition coefficient (Wildman–Crippen LogP) is 4.15. The summed E-state index contributed by atoms with van der Waals surface area (Å²) < 4.78 is 2.05. The van der Waals surface area contributed by atoms with Gasteiger partial charge >= 0.3 is 0 Å². The first-order valence-electron chi connectivity index (χ1n) is 6.34. The zero-order chi connectivity index (χ0) is 12.7. The van der Waals surface area contributed by atoms with Gasteiger partial charge in [0.2, 0.25) is 0 Å². The van der Waals surface area contributed by atoms with Gasteiger partial charge in [0.1, 0.15) is 5.65 Å². The Labute approximate surface area is 111 Å². The Morgan fingerprint density at radius 2 is 1.63 bits per heavy atom. The third kappa shape index (κ3) is 1.61. The minimum absolute atomic E-state index is 0.977. The Hall–Kier alpha value is -2.61. The molecule has 0 saturated carbocycles. The number of hydrogen-bond donors (Lipinski definition) is 0. The van der Waals surface area contributed by atoms with Crippen molar-refractivity contribution in [2.75, 3.05) is 0 Å². The number of nitrogens with zero attached hydrogens (tertiary/aromatic N) is 2. The van der Waals surface area contributed by atoms with Crippen LogP contribution in [0.25, 0.3) is 27.7 Å². The molecule has 0 spiro atoms. The Balaban J connectivity index is 2.03. The highest BCUT2D eigenvalue weighted by atomic mass is 15.0. The molecule has 0 aliphatic heterocycles. The lowest BCUT2D eigenvalue weighted by Gasteiger charge is -2.02. The summed E-state index contributed by atoms with van der Waals surface area (Å²) in [5.74, 6) is 0. The minimum Gasteiger partial charge on any atom is -0.306 e. The van der Waals surface area contributed by atoms with Gasteiger partial charge in [-0.3, -0.25) is 0 Å². The van der Waals surface area contributed by atoms with Crippen molar-refractivity contribution in [1.82, 2.24) is 9.38 Å². The maximum absolute atomic E-state index is 4.70. The van der Waals surface area contributed by atoms with Crippen LogP contribution in [0.5, 0.6) is 0 Å². The lowest BCUT2D eigenvalue weighted by molar-refractivity contribution is 1.19. The lowest BCUT2D eigenvalue weighted by Crippen LogP contribution is -1.80. The van der Waals surface area contributed by atoms with Crippen LogP contribution >= 0.6 is 0 Å². The minimum atomic E-state index is 0.977. The Morgan fingerprint density at radius 3 is 2.58 bits per heavy atom. The SMILES string of the molecule is c1ccc2c(-c3cn4ccccc4n3)cccc2c1. The number of aromatic nitrogens is 2. The second kappa shape index (κ2) is 3.95. The van der Waals surface area contributed by atoms with E-state index in [1.807, 2.05) is 24.4 Å². The van der Waals surface area contributed by atoms with Crippen molar-refractivity contribution in [3.05, 3.63) is 73.1 Å². The molecule has 4 rings (SSSR count). The Morgan fingerprint density at radius 1 is 0.789 bits per heavy atom. The monoisotopic (exact) mass is 244 g/mol. The van der Waals surface area contributed by atoms with Gasteiger partial charge in [-0.05, 0) is 22.9 Å². The normalized spacial score (nSPS) is 11.2. The first-order chi connectivity index (χ1) is 9.42. The van der Waals surface area contributed by atoms with Crippen LogP contribution in [0.15, 0.2) is 73.1 Å². The third-order valence-electron chi connectivity index (χ3n) is 3.43. The van der Waals surface area contributed by atoms with E-state index in [2.05, 4.69) is 53.1 Å². The molecule has 2 nitrogen and oxygen atoms in total. The number of rotatable bonds is 1. The quantitative estimate of drug-likeness (QED) is 0.491. The van der Waals surface area contributed by atoms with Crippen LogP contribution in [-0.4, -0.2) is 9.38 Å². The topological polar surface area (TPSA) is 17.3 Å². The van der Waals surface area contributed by atoms with Gasteiger partial charge in [-0.1, -0.05) is 48.5 Å². The van der Waals surface area contributed by atoms with Gasteiger partial charge in [-0.15, -0.1) is 0 Å². The summed E-state index contributed by atoms with van der Waals surface area (Å²) in [4.78, 5) is 4.70. The van der Waals surface area contributed by atoms with Crippen molar-refractivity contribution >= 4 is 16.4 Å². The molecule has 2 aromatic heterocycles. The molecule has 0 fully saturated rings. The van der Waals surface area contributed by atoms with E-state index < -0.39 is 0 Å². The number of benzene rings is 2. The summed E-state index contributed by atoms with van der Waals surface area (Å²) in [5.41, 5.74) is 3.18. The van der Waals surface area contributed by atoms with E-state index in [4.69, 9.17) is 4.98 Å². The molecule has 4 aromatic rings. The number of imidazole rings is 1. The highest BCUT2D eigenvalue weighted by Crippen LogP contribution is 2.27. The predicted molar refractivity (Wildman–Crippen MR) is 78.1 cm³/mol. The van der Waals surface area contributed by atoms with E-state index in [0.29, 0.717) is 0 Å². The van der Waals surface area contributed by atoms with Gasteiger partial charge in [-0.2, -0.15) is 0 Å². The second-order valence-electron chi connectivity index (χ2n) is 4.62. The summed E-state index contributed by atoms with van der Waals surface area (Å²) >= 11 is 0. The molecule has 0 aliphatic carbocycles. The molecule has 0 atom stereocenters. The van der Waals surface area contributed by atoms with E-state index in [1.54, 1.807) is 0 Å². The van der Waals surface area contributed by atoms with Gasteiger partial charge in [0.05, 0.1) is 5.69 Å². The van der Waals surface area contributed by atoms with Gasteiger partial charge < -0.3 is 4.40 Å². The van der Waals surface area contributed by atoms with Crippen molar-refractivity contribution in [3.63, 3.8) is 0 Å². The van der Waals surface area contributed by atoms with Crippen LogP contribution in [-0.2, 0) is 0 Å². The summed E-state index contributed by atoms with van der Waals surface area (Å²) in [6.45, 7) is 0. The van der Waals surface area contributed by atoms with Crippen molar-refractivity contribution in [3.8, 4) is 11.3 Å². The maximum Gasteiger partial charge on any atom is 0.137 e. The Bertz CT molecular complexity index is 836. The lowest BCUT2D eigenvalue weighted by atomic mass is 10.0. The zero-order valence-corrected chi connectivity index (χ0v) is 10.3. The molecule has 2 aromatic carbocycles. The molecule has 2 heterocycles. The summed E-state index contributed by atoms with van der Waals surface area (Å²) in [6, 6.07) is 20.8. The van der Waals surface area contributed by atoms with E-state index in [1.165, 1.54) is 16.3 Å². The van der Waals surface area contributed by atoms with Crippen LogP contribution in [0.1, 0.15) is 0 Å². The van der Waals surface area contributed by atoms with Crippen molar-refractivity contribution < 1.29 is 0 Å². The van der Waals surface area contributed by atoms with E-state index in [9.17, 15) is 0 Å². The van der Waals surface area contributed by atoms with Gasteiger partial charge in [0.15, 0.2) is 0 Å². The van der Waals surface area contributed by atoms with Crippen LogP contribution in [0, 0.1) is 0 Å². The smallest absolute Gasteiger partial charge is 0.137 e. The molecule has 0 bridgehead atoms. The third-order valence-corrected chi connectivity index (χ3v) is 3.43. The van der Waals surface area contributed by atoms with Gasteiger partial charge in [0.25, 0.3) is 0 Å². The average Bonchev–Trinajstić information content (AvgIpc) is 2.90. The van der Waals surface area contributed by atoms with E-state index >= 15 is 0 Å². The molecule has 0 radical (unpaired) electrons. The fraction of sp³-hybridized carbons (Fsp3) is 0. The van der Waals surface area contributed by atoms with Gasteiger partial charge in [-0.25, -0.2) is 4.98 Å². The summed E-state index contributed by atoms with van der Waals surface area (Å²) in [6.07, 6.45) is 4.11. The molecular weight excluding hydrogens is 232 g/mol. The zero-order valence-electron chi connectivity index (χ0n) is 10.3. The molecule has 0 amide bonds. The summed E-state index contributed by atoms with van der Waals surface area (Å²) in [7, 11) is 0. The van der Waals surface area contributed by atoms with Crippen LogP contribution in [0.4, 0.5) is 0 Å². The number of fused-ring (bicyclic) bond motifs is 2. The number of pyridine rings is 1. The highest BCUT2D eigenvalue weighted by Gasteiger charge is 2.07. The Kier molecular flexibility index (Phi) is 2.15. The molecule has 2 heteroatoms. The highest BCUT2D eigenvalue weighted by molar-refractivity contribution is 5.95. The summed E-state index contributed by atoms with van der Waals surface area (Å²) in [5, 5.41) is 2.49. The molecule has 0 saturated heterocycles. The molecule has 19 heavy (non-hydrogen) atoms. The number of hydrogen-bond acceptors (Lipinski definition) is 1. The van der Waals surface area contributed by atoms with Crippen LogP contribution < -0.4 is 0 Å². The molecule has 0 aliphatic rings. The molecule has 0 unspecified atom stereocenters.